The molecule has 23 heavy (non-hydrogen) atoms. The molecule has 0 bridgehead atoms. The summed E-state index contributed by atoms with van der Waals surface area (Å²) in [7, 11) is 1.32. The maximum absolute atomic E-state index is 11.8. The van der Waals surface area contributed by atoms with E-state index in [1.807, 2.05) is 20.8 Å². The van der Waals surface area contributed by atoms with Gasteiger partial charge in [0.25, 0.3) is 0 Å². The van der Waals surface area contributed by atoms with Crippen LogP contribution in [-0.4, -0.2) is 37.1 Å². The molecule has 0 unspecified atom stereocenters. The van der Waals surface area contributed by atoms with Crippen molar-refractivity contribution in [2.45, 2.75) is 52.9 Å². The number of esters is 1. The molecular weight excluding hydrogens is 298 g/mol. The van der Waals surface area contributed by atoms with Crippen LogP contribution in [0.25, 0.3) is 0 Å². The third kappa shape index (κ3) is 6.54. The first kappa shape index (κ1) is 19.4. The normalized spacial score (nSPS) is 11.3. The van der Waals surface area contributed by atoms with Crippen molar-refractivity contribution in [3.8, 4) is 5.75 Å². The summed E-state index contributed by atoms with van der Waals surface area (Å²) in [6, 6.07) is 1.76. The molecule has 0 aliphatic heterocycles. The third-order valence-corrected chi connectivity index (χ3v) is 3.12. The lowest BCUT2D eigenvalue weighted by Crippen LogP contribution is -2.28. The van der Waals surface area contributed by atoms with Crippen molar-refractivity contribution >= 4 is 5.97 Å². The number of unbranched alkanes of at least 4 members (excludes halogenated alkanes) is 1. The van der Waals surface area contributed by atoms with Crippen LogP contribution in [0.15, 0.2) is 12.3 Å². The van der Waals surface area contributed by atoms with Gasteiger partial charge in [0.15, 0.2) is 17.2 Å². The van der Waals surface area contributed by atoms with Crippen molar-refractivity contribution in [2.75, 3.05) is 20.3 Å². The standard InChI is InChI=1S/C17H27NO5/c1-6-8-9-21-14-10-13(11-18-15(14)16(19)20-5)12-23-17(3,4)22-7-2/h10-11H,6-9,12H2,1-5H3. The van der Waals surface area contributed by atoms with Crippen LogP contribution >= 0.6 is 0 Å². The first-order valence-corrected chi connectivity index (χ1v) is 7.91. The molecule has 0 radical (unpaired) electrons. The van der Waals surface area contributed by atoms with Gasteiger partial charge in [0.2, 0.25) is 0 Å². The predicted molar refractivity (Wildman–Crippen MR) is 86.5 cm³/mol. The van der Waals surface area contributed by atoms with E-state index in [4.69, 9.17) is 18.9 Å². The van der Waals surface area contributed by atoms with Gasteiger partial charge in [-0.2, -0.15) is 0 Å². The molecular formula is C17H27NO5. The SMILES string of the molecule is CCCCOc1cc(COC(C)(C)OCC)cnc1C(=O)OC. The zero-order valence-electron chi connectivity index (χ0n) is 14.7. The fourth-order valence-corrected chi connectivity index (χ4v) is 1.90. The summed E-state index contributed by atoms with van der Waals surface area (Å²) in [4.78, 5) is 15.9. The van der Waals surface area contributed by atoms with Crippen LogP contribution in [0.3, 0.4) is 0 Å². The summed E-state index contributed by atoms with van der Waals surface area (Å²) >= 11 is 0. The predicted octanol–water partition coefficient (Wildman–Crippen LogP) is 3.34. The van der Waals surface area contributed by atoms with E-state index in [-0.39, 0.29) is 5.69 Å². The average molecular weight is 325 g/mol. The van der Waals surface area contributed by atoms with Gasteiger partial charge in [-0.15, -0.1) is 0 Å². The number of hydrogen-bond donors (Lipinski definition) is 0. The molecule has 130 valence electrons. The molecule has 1 aromatic heterocycles. The summed E-state index contributed by atoms with van der Waals surface area (Å²) in [6.45, 7) is 9.09. The highest BCUT2D eigenvalue weighted by atomic mass is 16.7. The number of rotatable bonds is 10. The van der Waals surface area contributed by atoms with E-state index in [1.165, 1.54) is 7.11 Å². The fourth-order valence-electron chi connectivity index (χ4n) is 1.90. The number of carbonyl (C=O) groups excluding carboxylic acids is 1. The van der Waals surface area contributed by atoms with Gasteiger partial charge < -0.3 is 18.9 Å². The van der Waals surface area contributed by atoms with Crippen LogP contribution in [0.2, 0.25) is 0 Å². The van der Waals surface area contributed by atoms with E-state index in [0.717, 1.165) is 18.4 Å². The number of methoxy groups -OCH3 is 1. The van der Waals surface area contributed by atoms with Crippen LogP contribution in [0, 0.1) is 0 Å². The zero-order valence-corrected chi connectivity index (χ0v) is 14.7. The van der Waals surface area contributed by atoms with Gasteiger partial charge in [-0.05, 0) is 38.8 Å². The Morgan fingerprint density at radius 1 is 1.26 bits per heavy atom. The van der Waals surface area contributed by atoms with Crippen molar-refractivity contribution < 1.29 is 23.7 Å². The van der Waals surface area contributed by atoms with Crippen molar-refractivity contribution in [3.05, 3.63) is 23.5 Å². The van der Waals surface area contributed by atoms with Crippen molar-refractivity contribution in [1.29, 1.82) is 0 Å². The molecule has 1 rings (SSSR count). The Hall–Kier alpha value is -1.66. The monoisotopic (exact) mass is 325 g/mol. The van der Waals surface area contributed by atoms with Crippen LogP contribution in [-0.2, 0) is 20.8 Å². The van der Waals surface area contributed by atoms with E-state index in [2.05, 4.69) is 11.9 Å². The summed E-state index contributed by atoms with van der Waals surface area (Å²) < 4.78 is 21.6. The van der Waals surface area contributed by atoms with Gasteiger partial charge in [0.05, 0.1) is 20.3 Å². The highest BCUT2D eigenvalue weighted by molar-refractivity contribution is 5.90. The first-order valence-electron chi connectivity index (χ1n) is 7.91. The lowest BCUT2D eigenvalue weighted by molar-refractivity contribution is -0.217. The highest BCUT2D eigenvalue weighted by Gasteiger charge is 2.20. The molecule has 6 heteroatoms. The number of pyridine rings is 1. The maximum atomic E-state index is 11.8. The largest absolute Gasteiger partial charge is 0.491 e. The highest BCUT2D eigenvalue weighted by Crippen LogP contribution is 2.22. The molecule has 0 aliphatic carbocycles. The average Bonchev–Trinajstić information content (AvgIpc) is 2.53. The Labute approximate surface area is 138 Å². The number of ether oxygens (including phenoxy) is 4. The Balaban J connectivity index is 2.85. The molecule has 0 N–H and O–H groups in total. The third-order valence-electron chi connectivity index (χ3n) is 3.12. The Morgan fingerprint density at radius 2 is 2.00 bits per heavy atom. The summed E-state index contributed by atoms with van der Waals surface area (Å²) in [5.74, 6) is -0.779. The van der Waals surface area contributed by atoms with Gasteiger partial charge in [0, 0.05) is 12.8 Å². The van der Waals surface area contributed by atoms with Gasteiger partial charge in [-0.1, -0.05) is 13.3 Å². The molecule has 0 aliphatic rings. The molecule has 0 amide bonds. The van der Waals surface area contributed by atoms with Crippen LogP contribution in [0.4, 0.5) is 0 Å². The number of aromatic nitrogens is 1. The van der Waals surface area contributed by atoms with Gasteiger partial charge in [0.1, 0.15) is 0 Å². The van der Waals surface area contributed by atoms with E-state index in [9.17, 15) is 4.79 Å². The van der Waals surface area contributed by atoms with E-state index < -0.39 is 11.8 Å². The number of hydrogen-bond acceptors (Lipinski definition) is 6. The smallest absolute Gasteiger partial charge is 0.360 e. The fraction of sp³-hybridized carbons (Fsp3) is 0.647. The van der Waals surface area contributed by atoms with Crippen molar-refractivity contribution in [2.24, 2.45) is 0 Å². The molecule has 0 atom stereocenters. The minimum Gasteiger partial charge on any atom is -0.491 e. The molecule has 6 nitrogen and oxygen atoms in total. The second-order valence-electron chi connectivity index (χ2n) is 5.51. The van der Waals surface area contributed by atoms with Crippen molar-refractivity contribution in [3.63, 3.8) is 0 Å². The van der Waals surface area contributed by atoms with Crippen LogP contribution in [0.1, 0.15) is 56.6 Å². The second-order valence-corrected chi connectivity index (χ2v) is 5.51. The van der Waals surface area contributed by atoms with Gasteiger partial charge in [-0.25, -0.2) is 9.78 Å². The second kappa shape index (κ2) is 9.47. The van der Waals surface area contributed by atoms with Gasteiger partial charge >= 0.3 is 5.97 Å². The number of carbonyl (C=O) groups is 1. The van der Waals surface area contributed by atoms with Crippen LogP contribution in [0.5, 0.6) is 5.75 Å². The quantitative estimate of drug-likeness (QED) is 0.373. The van der Waals surface area contributed by atoms with Gasteiger partial charge in [-0.3, -0.25) is 0 Å². The lowest BCUT2D eigenvalue weighted by Gasteiger charge is -2.25. The molecule has 0 fully saturated rings. The summed E-state index contributed by atoms with van der Waals surface area (Å²) in [5, 5.41) is 0. The molecule has 0 spiro atoms. The minimum atomic E-state index is -0.682. The molecule has 1 heterocycles. The van der Waals surface area contributed by atoms with E-state index in [0.29, 0.717) is 25.6 Å². The summed E-state index contributed by atoms with van der Waals surface area (Å²) in [5.41, 5.74) is 0.980. The van der Waals surface area contributed by atoms with Crippen molar-refractivity contribution in [1.82, 2.24) is 4.98 Å². The lowest BCUT2D eigenvalue weighted by atomic mass is 10.2. The molecule has 0 saturated heterocycles. The molecule has 0 saturated carbocycles. The molecule has 1 aromatic rings. The molecule has 0 aromatic carbocycles. The Kier molecular flexibility index (Phi) is 7.98. The Morgan fingerprint density at radius 3 is 2.61 bits per heavy atom. The summed E-state index contributed by atoms with van der Waals surface area (Å²) in [6.07, 6.45) is 3.49. The van der Waals surface area contributed by atoms with E-state index >= 15 is 0 Å². The Bertz CT molecular complexity index is 502. The van der Waals surface area contributed by atoms with E-state index in [1.54, 1.807) is 12.3 Å². The minimum absolute atomic E-state index is 0.177. The maximum Gasteiger partial charge on any atom is 0.360 e. The topological polar surface area (TPSA) is 66.9 Å². The first-order chi connectivity index (χ1) is 10.9. The zero-order chi connectivity index (χ0) is 17.3. The number of nitrogens with zero attached hydrogens (tertiary/aromatic N) is 1. The van der Waals surface area contributed by atoms with Crippen LogP contribution < -0.4 is 4.74 Å².